The van der Waals surface area contributed by atoms with Gasteiger partial charge in [-0.15, -0.1) is 0 Å². The first-order valence-corrected chi connectivity index (χ1v) is 6.12. The van der Waals surface area contributed by atoms with E-state index in [0.29, 0.717) is 25.3 Å². The van der Waals surface area contributed by atoms with Gasteiger partial charge in [-0.3, -0.25) is 14.2 Å². The molecular formula is C12H15N3O5. The van der Waals surface area contributed by atoms with E-state index in [1.54, 1.807) is 4.90 Å². The molecule has 20 heavy (non-hydrogen) atoms. The van der Waals surface area contributed by atoms with E-state index in [4.69, 9.17) is 0 Å². The van der Waals surface area contributed by atoms with E-state index >= 15 is 0 Å². The number of hydrogen-bond donors (Lipinski definition) is 1. The average molecular weight is 281 g/mol. The number of nitrogens with zero attached hydrogens (tertiary/aromatic N) is 3. The molecule has 2 heterocycles. The number of aromatic hydroxyl groups is 1. The lowest BCUT2D eigenvalue weighted by Crippen LogP contribution is -2.32. The van der Waals surface area contributed by atoms with Crippen molar-refractivity contribution in [1.82, 2.24) is 14.5 Å². The van der Waals surface area contributed by atoms with E-state index < -0.39 is 17.3 Å². The van der Waals surface area contributed by atoms with Crippen LogP contribution in [0.5, 0.6) is 5.75 Å². The van der Waals surface area contributed by atoms with Crippen molar-refractivity contribution in [2.75, 3.05) is 20.2 Å². The van der Waals surface area contributed by atoms with Crippen molar-refractivity contribution in [2.45, 2.75) is 19.9 Å². The lowest BCUT2D eigenvalue weighted by Gasteiger charge is -2.16. The third-order valence-corrected chi connectivity index (χ3v) is 3.25. The zero-order valence-corrected chi connectivity index (χ0v) is 11.3. The van der Waals surface area contributed by atoms with Crippen LogP contribution in [0.3, 0.4) is 0 Å². The first-order chi connectivity index (χ1) is 9.45. The fraction of sp³-hybridized carbons (Fsp3) is 0.500. The van der Waals surface area contributed by atoms with E-state index in [0.717, 1.165) is 7.11 Å². The predicted octanol–water partition coefficient (Wildman–Crippen LogP) is -0.860. The summed E-state index contributed by atoms with van der Waals surface area (Å²) < 4.78 is 5.76. The van der Waals surface area contributed by atoms with Crippen LogP contribution in [0.2, 0.25) is 0 Å². The molecule has 0 saturated heterocycles. The first kappa shape index (κ1) is 14.0. The minimum atomic E-state index is -0.865. The second-order valence-electron chi connectivity index (χ2n) is 4.43. The number of fused-ring (bicyclic) bond motifs is 1. The van der Waals surface area contributed by atoms with Gasteiger partial charge in [0.05, 0.1) is 7.11 Å². The number of ether oxygens (including phenoxy) is 1. The van der Waals surface area contributed by atoms with Crippen LogP contribution in [-0.2, 0) is 22.5 Å². The van der Waals surface area contributed by atoms with E-state index in [-0.39, 0.29) is 18.1 Å². The predicted molar refractivity (Wildman–Crippen MR) is 67.5 cm³/mol. The Hall–Kier alpha value is -2.38. The number of carbonyl (C=O) groups is 2. The summed E-state index contributed by atoms with van der Waals surface area (Å²) in [6.07, 6.45) is 0.332. The molecule has 0 spiro atoms. The van der Waals surface area contributed by atoms with E-state index in [1.165, 1.54) is 11.5 Å². The minimum absolute atomic E-state index is 0.0942. The molecule has 0 aliphatic carbocycles. The van der Waals surface area contributed by atoms with Crippen LogP contribution in [-0.4, -0.2) is 51.6 Å². The Balaban J connectivity index is 2.46. The van der Waals surface area contributed by atoms with Gasteiger partial charge < -0.3 is 14.7 Å². The van der Waals surface area contributed by atoms with Crippen molar-refractivity contribution < 1.29 is 19.4 Å². The molecule has 0 fully saturated rings. The fourth-order valence-electron chi connectivity index (χ4n) is 2.13. The molecule has 2 rings (SSSR count). The Bertz CT molecular complexity index is 622. The second kappa shape index (κ2) is 5.32. The normalized spacial score (nSPS) is 14.4. The van der Waals surface area contributed by atoms with Crippen molar-refractivity contribution in [2.24, 2.45) is 0 Å². The molecule has 0 unspecified atom stereocenters. The zero-order chi connectivity index (χ0) is 14.9. The van der Waals surface area contributed by atoms with Crippen molar-refractivity contribution in [3.8, 4) is 5.75 Å². The zero-order valence-electron chi connectivity index (χ0n) is 11.3. The maximum Gasteiger partial charge on any atom is 0.360 e. The highest BCUT2D eigenvalue weighted by Gasteiger charge is 2.24. The first-order valence-electron chi connectivity index (χ1n) is 6.12. The Kier molecular flexibility index (Phi) is 3.73. The van der Waals surface area contributed by atoms with Gasteiger partial charge in [0.1, 0.15) is 5.82 Å². The van der Waals surface area contributed by atoms with Gasteiger partial charge >= 0.3 is 5.97 Å². The highest BCUT2D eigenvalue weighted by atomic mass is 16.5. The van der Waals surface area contributed by atoms with Crippen molar-refractivity contribution in [3.05, 3.63) is 21.9 Å². The summed E-state index contributed by atoms with van der Waals surface area (Å²) in [5.41, 5.74) is -1.08. The van der Waals surface area contributed by atoms with Gasteiger partial charge in [-0.05, 0) is 0 Å². The molecule has 0 radical (unpaired) electrons. The molecule has 1 aliphatic heterocycles. The molecule has 108 valence electrons. The SMILES string of the molecule is COC(=O)c1nc2n(c(=O)c1O)CCN(C(C)=O)CC2. The quantitative estimate of drug-likeness (QED) is 0.672. The van der Waals surface area contributed by atoms with Crippen molar-refractivity contribution in [1.29, 1.82) is 0 Å². The number of rotatable bonds is 1. The molecule has 1 aromatic rings. The van der Waals surface area contributed by atoms with Gasteiger partial charge in [0.15, 0.2) is 5.69 Å². The summed E-state index contributed by atoms with van der Waals surface area (Å²) >= 11 is 0. The van der Waals surface area contributed by atoms with Gasteiger partial charge in [-0.2, -0.15) is 0 Å². The highest BCUT2D eigenvalue weighted by Crippen LogP contribution is 2.13. The van der Waals surface area contributed by atoms with Crippen LogP contribution in [0, 0.1) is 0 Å². The Morgan fingerprint density at radius 1 is 1.30 bits per heavy atom. The molecule has 1 amide bonds. The molecule has 1 aliphatic rings. The lowest BCUT2D eigenvalue weighted by atomic mass is 10.3. The Morgan fingerprint density at radius 2 is 2.00 bits per heavy atom. The van der Waals surface area contributed by atoms with Gasteiger partial charge in [0.25, 0.3) is 5.56 Å². The van der Waals surface area contributed by atoms with Gasteiger partial charge in [0, 0.05) is 33.0 Å². The molecule has 0 aromatic carbocycles. The molecule has 0 bridgehead atoms. The maximum atomic E-state index is 12.0. The molecule has 0 saturated carbocycles. The molecule has 8 heteroatoms. The molecule has 1 aromatic heterocycles. The van der Waals surface area contributed by atoms with Gasteiger partial charge in [-0.1, -0.05) is 0 Å². The standard InChI is InChI=1S/C12H15N3O5/c1-7(16)14-4-3-8-13-9(12(19)20-2)10(17)11(18)15(8)6-5-14/h17H,3-6H2,1-2H3. The lowest BCUT2D eigenvalue weighted by molar-refractivity contribution is -0.128. The summed E-state index contributed by atoms with van der Waals surface area (Å²) in [5, 5.41) is 9.74. The van der Waals surface area contributed by atoms with Gasteiger partial charge in [-0.25, -0.2) is 9.78 Å². The fourth-order valence-corrected chi connectivity index (χ4v) is 2.13. The van der Waals surface area contributed by atoms with Crippen LogP contribution in [0.15, 0.2) is 4.79 Å². The summed E-state index contributed by atoms with van der Waals surface area (Å²) in [4.78, 5) is 40.5. The van der Waals surface area contributed by atoms with Crippen LogP contribution < -0.4 is 5.56 Å². The summed E-state index contributed by atoms with van der Waals surface area (Å²) in [7, 11) is 1.14. The highest BCUT2D eigenvalue weighted by molar-refractivity contribution is 5.89. The smallest absolute Gasteiger partial charge is 0.360 e. The maximum absolute atomic E-state index is 12.0. The number of methoxy groups -OCH3 is 1. The molecule has 8 nitrogen and oxygen atoms in total. The third kappa shape index (κ3) is 2.36. The number of amides is 1. The van der Waals surface area contributed by atoms with Crippen LogP contribution >= 0.6 is 0 Å². The van der Waals surface area contributed by atoms with E-state index in [9.17, 15) is 19.5 Å². The van der Waals surface area contributed by atoms with Crippen molar-refractivity contribution >= 4 is 11.9 Å². The topological polar surface area (TPSA) is 102 Å². The minimum Gasteiger partial charge on any atom is -0.501 e. The van der Waals surface area contributed by atoms with Gasteiger partial charge in [0.2, 0.25) is 11.7 Å². The molecular weight excluding hydrogens is 266 g/mol. The molecule has 1 N–H and O–H groups in total. The number of esters is 1. The number of aromatic nitrogens is 2. The summed E-state index contributed by atoms with van der Waals surface area (Å²) in [6, 6.07) is 0. The second-order valence-corrected chi connectivity index (χ2v) is 4.43. The number of hydrogen-bond acceptors (Lipinski definition) is 6. The van der Waals surface area contributed by atoms with Crippen LogP contribution in [0.1, 0.15) is 23.2 Å². The number of carbonyl (C=O) groups excluding carboxylic acids is 2. The Labute approximate surface area is 114 Å². The van der Waals surface area contributed by atoms with Crippen LogP contribution in [0.4, 0.5) is 0 Å². The summed E-state index contributed by atoms with van der Waals surface area (Å²) in [5.74, 6) is -1.33. The average Bonchev–Trinajstić information content (AvgIpc) is 2.64. The molecule has 0 atom stereocenters. The monoisotopic (exact) mass is 281 g/mol. The third-order valence-electron chi connectivity index (χ3n) is 3.25. The van der Waals surface area contributed by atoms with E-state index in [1.807, 2.05) is 0 Å². The summed E-state index contributed by atoms with van der Waals surface area (Å²) in [6.45, 7) is 2.45. The largest absolute Gasteiger partial charge is 0.501 e. The Morgan fingerprint density at radius 3 is 2.60 bits per heavy atom. The van der Waals surface area contributed by atoms with Crippen LogP contribution in [0.25, 0.3) is 0 Å². The van der Waals surface area contributed by atoms with Crippen molar-refractivity contribution in [3.63, 3.8) is 0 Å². The van der Waals surface area contributed by atoms with E-state index in [2.05, 4.69) is 9.72 Å².